The van der Waals surface area contributed by atoms with Crippen LogP contribution in [0.25, 0.3) is 0 Å². The smallest absolute Gasteiger partial charge is 0.323 e. The Hall–Kier alpha value is -1.35. The highest BCUT2D eigenvalue weighted by Crippen LogP contribution is 2.32. The number of benzene rings is 1. The molecule has 0 radical (unpaired) electrons. The maximum Gasteiger partial charge on any atom is 0.323 e. The predicted molar refractivity (Wildman–Crippen MR) is 69.2 cm³/mol. The third-order valence-electron chi connectivity index (χ3n) is 3.92. The topological polar surface area (TPSA) is 38.3 Å². The molecule has 1 aliphatic heterocycles. The molecule has 1 heterocycles. The summed E-state index contributed by atoms with van der Waals surface area (Å²) in [7, 11) is 0. The van der Waals surface area contributed by atoms with Gasteiger partial charge in [0.2, 0.25) is 0 Å². The van der Waals surface area contributed by atoms with Crippen molar-refractivity contribution in [2.45, 2.75) is 44.2 Å². The molecule has 3 rings (SSSR count). The summed E-state index contributed by atoms with van der Waals surface area (Å²) in [5.41, 5.74) is 2.54. The first-order valence-corrected chi connectivity index (χ1v) is 6.86. The van der Waals surface area contributed by atoms with Crippen molar-refractivity contribution in [2.24, 2.45) is 0 Å². The molecule has 3 nitrogen and oxygen atoms in total. The Bertz CT molecular complexity index is 438. The van der Waals surface area contributed by atoms with Gasteiger partial charge in [0.15, 0.2) is 0 Å². The molecule has 2 atom stereocenters. The van der Waals surface area contributed by atoms with Crippen LogP contribution in [0.15, 0.2) is 24.3 Å². The minimum Gasteiger partial charge on any atom is -0.456 e. The average molecular weight is 245 g/mol. The highest BCUT2D eigenvalue weighted by molar-refractivity contribution is 5.76. The maximum absolute atomic E-state index is 12.0. The van der Waals surface area contributed by atoms with E-state index in [-0.39, 0.29) is 18.1 Å². The molecule has 2 aliphatic rings. The summed E-state index contributed by atoms with van der Waals surface area (Å²) in [5, 5.41) is 3.20. The molecule has 1 aromatic carbocycles. The predicted octanol–water partition coefficient (Wildman–Crippen LogP) is 2.36. The van der Waals surface area contributed by atoms with Gasteiger partial charge in [0.1, 0.15) is 12.1 Å². The van der Waals surface area contributed by atoms with Crippen molar-refractivity contribution in [3.63, 3.8) is 0 Å². The van der Waals surface area contributed by atoms with Crippen molar-refractivity contribution in [3.8, 4) is 0 Å². The number of esters is 1. The van der Waals surface area contributed by atoms with Gasteiger partial charge in [-0.15, -0.1) is 0 Å². The van der Waals surface area contributed by atoms with Crippen LogP contribution in [0.1, 0.15) is 42.9 Å². The fraction of sp³-hybridized carbons (Fsp3) is 0.533. The van der Waals surface area contributed by atoms with Crippen LogP contribution in [0.5, 0.6) is 0 Å². The lowest BCUT2D eigenvalue weighted by molar-refractivity contribution is -0.152. The molecule has 0 amide bonds. The molecule has 3 heteroatoms. The second-order valence-electron chi connectivity index (χ2n) is 5.17. The summed E-state index contributed by atoms with van der Waals surface area (Å²) in [6.45, 7) is 0.932. The second-order valence-corrected chi connectivity index (χ2v) is 5.17. The fourth-order valence-electron chi connectivity index (χ4n) is 2.94. The van der Waals surface area contributed by atoms with Crippen LogP contribution in [0.3, 0.4) is 0 Å². The Balaban J connectivity index is 1.72. The Morgan fingerprint density at radius 3 is 2.94 bits per heavy atom. The summed E-state index contributed by atoms with van der Waals surface area (Å²) in [6, 6.07) is 8.23. The van der Waals surface area contributed by atoms with Crippen molar-refractivity contribution in [3.05, 3.63) is 35.4 Å². The van der Waals surface area contributed by atoms with E-state index in [2.05, 4.69) is 23.5 Å². The summed E-state index contributed by atoms with van der Waals surface area (Å²) < 4.78 is 5.70. The molecular weight excluding hydrogens is 226 g/mol. The average Bonchev–Trinajstić information content (AvgIpc) is 2.93. The van der Waals surface area contributed by atoms with E-state index in [0.29, 0.717) is 0 Å². The number of carbonyl (C=O) groups is 1. The third-order valence-corrected chi connectivity index (χ3v) is 3.92. The molecule has 18 heavy (non-hydrogen) atoms. The second kappa shape index (κ2) is 5.11. The van der Waals surface area contributed by atoms with Crippen LogP contribution in [-0.2, 0) is 16.0 Å². The van der Waals surface area contributed by atoms with E-state index in [0.717, 1.165) is 38.6 Å². The van der Waals surface area contributed by atoms with Crippen LogP contribution in [0.4, 0.5) is 0 Å². The fourth-order valence-corrected chi connectivity index (χ4v) is 2.94. The lowest BCUT2D eigenvalue weighted by Gasteiger charge is -2.26. The van der Waals surface area contributed by atoms with Gasteiger partial charge in [-0.25, -0.2) is 0 Å². The number of nitrogens with one attached hydrogen (secondary N) is 1. The molecule has 0 spiro atoms. The van der Waals surface area contributed by atoms with Crippen molar-refractivity contribution < 1.29 is 9.53 Å². The van der Waals surface area contributed by atoms with E-state index in [1.165, 1.54) is 11.1 Å². The molecule has 96 valence electrons. The molecular formula is C15H19NO2. The van der Waals surface area contributed by atoms with E-state index in [1.807, 2.05) is 6.07 Å². The van der Waals surface area contributed by atoms with Crippen LogP contribution in [0, 0.1) is 0 Å². The van der Waals surface area contributed by atoms with Crippen LogP contribution >= 0.6 is 0 Å². The van der Waals surface area contributed by atoms with Crippen LogP contribution < -0.4 is 5.32 Å². The first-order chi connectivity index (χ1) is 8.84. The molecule has 1 fully saturated rings. The van der Waals surface area contributed by atoms with Crippen molar-refractivity contribution in [1.29, 1.82) is 0 Å². The van der Waals surface area contributed by atoms with E-state index in [4.69, 9.17) is 4.74 Å². The normalized spacial score (nSPS) is 26.7. The zero-order chi connectivity index (χ0) is 12.4. The highest BCUT2D eigenvalue weighted by atomic mass is 16.5. The summed E-state index contributed by atoms with van der Waals surface area (Å²) >= 11 is 0. The maximum atomic E-state index is 12.0. The van der Waals surface area contributed by atoms with Gasteiger partial charge in [-0.3, -0.25) is 4.79 Å². The van der Waals surface area contributed by atoms with Gasteiger partial charge in [-0.05, 0) is 49.8 Å². The zero-order valence-electron chi connectivity index (χ0n) is 10.5. The summed E-state index contributed by atoms with van der Waals surface area (Å²) in [4.78, 5) is 12.0. The van der Waals surface area contributed by atoms with Gasteiger partial charge < -0.3 is 10.1 Å². The Morgan fingerprint density at radius 1 is 1.22 bits per heavy atom. The SMILES string of the molecule is O=C(OC1CCCc2ccccc21)C1CCCN1. The molecule has 0 bridgehead atoms. The monoisotopic (exact) mass is 245 g/mol. The first kappa shape index (κ1) is 11.7. The van der Waals surface area contributed by atoms with E-state index in [9.17, 15) is 4.79 Å². The summed E-state index contributed by atoms with van der Waals surface area (Å²) in [6.07, 6.45) is 5.10. The molecule has 1 aliphatic carbocycles. The minimum atomic E-state index is -0.0842. The van der Waals surface area contributed by atoms with Crippen molar-refractivity contribution >= 4 is 5.97 Å². The zero-order valence-corrected chi connectivity index (χ0v) is 10.5. The largest absolute Gasteiger partial charge is 0.456 e. The minimum absolute atomic E-state index is 0.0372. The van der Waals surface area contributed by atoms with Gasteiger partial charge in [0.25, 0.3) is 0 Å². The molecule has 0 aromatic heterocycles. The van der Waals surface area contributed by atoms with Crippen molar-refractivity contribution in [1.82, 2.24) is 5.32 Å². The molecule has 1 N–H and O–H groups in total. The Kier molecular flexibility index (Phi) is 3.33. The number of hydrogen-bond acceptors (Lipinski definition) is 3. The Labute approximate surface area is 108 Å². The van der Waals surface area contributed by atoms with Crippen molar-refractivity contribution in [2.75, 3.05) is 6.54 Å². The first-order valence-electron chi connectivity index (χ1n) is 6.86. The third kappa shape index (κ3) is 2.27. The quantitative estimate of drug-likeness (QED) is 0.813. The van der Waals surface area contributed by atoms with E-state index in [1.54, 1.807) is 0 Å². The molecule has 1 saturated heterocycles. The number of ether oxygens (including phenoxy) is 1. The summed E-state index contributed by atoms with van der Waals surface area (Å²) in [5.74, 6) is -0.0748. The number of aryl methyl sites for hydroxylation is 1. The van der Waals surface area contributed by atoms with Gasteiger partial charge in [-0.2, -0.15) is 0 Å². The number of rotatable bonds is 2. The highest BCUT2D eigenvalue weighted by Gasteiger charge is 2.28. The van der Waals surface area contributed by atoms with Crippen LogP contribution in [0.2, 0.25) is 0 Å². The number of carbonyl (C=O) groups excluding carboxylic acids is 1. The van der Waals surface area contributed by atoms with Gasteiger partial charge >= 0.3 is 5.97 Å². The van der Waals surface area contributed by atoms with Gasteiger partial charge in [0.05, 0.1) is 0 Å². The van der Waals surface area contributed by atoms with Gasteiger partial charge in [-0.1, -0.05) is 24.3 Å². The molecule has 0 saturated carbocycles. The van der Waals surface area contributed by atoms with E-state index >= 15 is 0 Å². The van der Waals surface area contributed by atoms with E-state index < -0.39 is 0 Å². The number of fused-ring (bicyclic) bond motifs is 1. The lowest BCUT2D eigenvalue weighted by atomic mass is 9.89. The standard InChI is InChI=1S/C15H19NO2/c17-15(13-8-4-10-16-13)18-14-9-3-6-11-5-1-2-7-12(11)14/h1-2,5,7,13-14,16H,3-4,6,8-10H2. The Morgan fingerprint density at radius 2 is 2.11 bits per heavy atom. The number of hydrogen-bond donors (Lipinski definition) is 1. The van der Waals surface area contributed by atoms with Crippen LogP contribution in [-0.4, -0.2) is 18.6 Å². The lowest BCUT2D eigenvalue weighted by Crippen LogP contribution is -2.33. The molecule has 1 aromatic rings. The molecule has 2 unspecified atom stereocenters. The van der Waals surface area contributed by atoms with Gasteiger partial charge in [0, 0.05) is 0 Å².